The van der Waals surface area contributed by atoms with Crippen LogP contribution in [0.5, 0.6) is 0 Å². The van der Waals surface area contributed by atoms with Gasteiger partial charge in [0.05, 0.1) is 12.2 Å². The van der Waals surface area contributed by atoms with Gasteiger partial charge in [-0.05, 0) is 64.2 Å². The highest BCUT2D eigenvalue weighted by Crippen LogP contribution is 2.49. The Morgan fingerprint density at radius 2 is 2.08 bits per heavy atom. The number of nitrogens with one attached hydrogen (secondary N) is 2. The molecular formula is C19H33N5. The third-order valence-electron chi connectivity index (χ3n) is 6.09. The second-order valence-corrected chi connectivity index (χ2v) is 7.62. The van der Waals surface area contributed by atoms with Crippen molar-refractivity contribution in [3.8, 4) is 0 Å². The largest absolute Gasteiger partial charge is 0.357 e. The average Bonchev–Trinajstić information content (AvgIpc) is 3.22. The Labute approximate surface area is 146 Å². The van der Waals surface area contributed by atoms with Crippen molar-refractivity contribution < 1.29 is 0 Å². The summed E-state index contributed by atoms with van der Waals surface area (Å²) in [5.74, 6) is 3.93. The molecule has 0 amide bonds. The molecule has 5 nitrogen and oxygen atoms in total. The van der Waals surface area contributed by atoms with Gasteiger partial charge in [-0.1, -0.05) is 6.42 Å². The fourth-order valence-electron chi connectivity index (χ4n) is 4.65. The van der Waals surface area contributed by atoms with Gasteiger partial charge in [0.2, 0.25) is 0 Å². The standard InChI is InChI=1S/C19H33N5/c1-5-20-19(22-12-18-13(2)23-24(4)14(18)3)21-9-8-17-11-15-6-7-16(17)10-15/h15-17H,5-12H2,1-4H3,(H2,20,21,22). The smallest absolute Gasteiger partial charge is 0.191 e. The first kappa shape index (κ1) is 17.3. The molecule has 134 valence electrons. The van der Waals surface area contributed by atoms with Crippen LogP contribution in [0.25, 0.3) is 0 Å². The Balaban J connectivity index is 1.52. The zero-order valence-corrected chi connectivity index (χ0v) is 15.7. The van der Waals surface area contributed by atoms with Crippen molar-refractivity contribution in [1.29, 1.82) is 0 Å². The van der Waals surface area contributed by atoms with Gasteiger partial charge in [0, 0.05) is 31.4 Å². The van der Waals surface area contributed by atoms with Gasteiger partial charge < -0.3 is 10.6 Å². The van der Waals surface area contributed by atoms with Gasteiger partial charge in [0.15, 0.2) is 5.96 Å². The van der Waals surface area contributed by atoms with Crippen LogP contribution in [0.3, 0.4) is 0 Å². The van der Waals surface area contributed by atoms with Gasteiger partial charge in [-0.25, -0.2) is 4.99 Å². The highest BCUT2D eigenvalue weighted by Gasteiger charge is 2.38. The number of aliphatic imine (C=N–C) groups is 1. The second-order valence-electron chi connectivity index (χ2n) is 7.62. The molecule has 1 aromatic rings. The predicted octanol–water partition coefficient (Wildman–Crippen LogP) is 2.92. The maximum absolute atomic E-state index is 4.77. The second kappa shape index (κ2) is 7.58. The Kier molecular flexibility index (Phi) is 5.47. The lowest BCUT2D eigenvalue weighted by Gasteiger charge is -2.22. The van der Waals surface area contributed by atoms with Crippen LogP contribution in [0.1, 0.15) is 56.0 Å². The molecule has 2 aliphatic carbocycles. The van der Waals surface area contributed by atoms with E-state index in [9.17, 15) is 0 Å². The Morgan fingerprint density at radius 3 is 2.67 bits per heavy atom. The fraction of sp³-hybridized carbons (Fsp3) is 0.789. The van der Waals surface area contributed by atoms with E-state index in [1.165, 1.54) is 43.4 Å². The van der Waals surface area contributed by atoms with E-state index in [-0.39, 0.29) is 0 Å². The summed E-state index contributed by atoms with van der Waals surface area (Å²) in [6.07, 6.45) is 7.22. The van der Waals surface area contributed by atoms with Crippen molar-refractivity contribution in [2.75, 3.05) is 13.1 Å². The van der Waals surface area contributed by atoms with Crippen molar-refractivity contribution in [1.82, 2.24) is 20.4 Å². The molecule has 1 heterocycles. The van der Waals surface area contributed by atoms with Gasteiger partial charge in [-0.2, -0.15) is 5.10 Å². The molecule has 3 rings (SSSR count). The zero-order valence-electron chi connectivity index (χ0n) is 15.7. The van der Waals surface area contributed by atoms with Crippen molar-refractivity contribution in [2.24, 2.45) is 29.8 Å². The van der Waals surface area contributed by atoms with E-state index in [0.29, 0.717) is 6.54 Å². The summed E-state index contributed by atoms with van der Waals surface area (Å²) in [6, 6.07) is 0. The molecular weight excluding hydrogens is 298 g/mol. The SMILES string of the molecule is CCNC(=NCc1c(C)nn(C)c1C)NCCC1CC2CCC1C2. The number of aromatic nitrogens is 2. The maximum atomic E-state index is 4.77. The molecule has 0 aromatic carbocycles. The third kappa shape index (κ3) is 3.76. The molecule has 24 heavy (non-hydrogen) atoms. The number of guanidine groups is 1. The van der Waals surface area contributed by atoms with Gasteiger partial charge >= 0.3 is 0 Å². The molecule has 2 fully saturated rings. The molecule has 2 saturated carbocycles. The van der Waals surface area contributed by atoms with Crippen LogP contribution in [0.4, 0.5) is 0 Å². The van der Waals surface area contributed by atoms with Crippen LogP contribution in [-0.2, 0) is 13.6 Å². The first-order valence-corrected chi connectivity index (χ1v) is 9.59. The topological polar surface area (TPSA) is 54.2 Å². The van der Waals surface area contributed by atoms with Gasteiger partial charge in [-0.15, -0.1) is 0 Å². The number of fused-ring (bicyclic) bond motifs is 2. The summed E-state index contributed by atoms with van der Waals surface area (Å²) in [5, 5.41) is 11.4. The number of rotatable bonds is 6. The molecule has 3 unspecified atom stereocenters. The number of hydrogen-bond acceptors (Lipinski definition) is 2. The first-order chi connectivity index (χ1) is 11.6. The summed E-state index contributed by atoms with van der Waals surface area (Å²) < 4.78 is 1.94. The minimum atomic E-state index is 0.689. The van der Waals surface area contributed by atoms with E-state index in [1.807, 2.05) is 11.7 Å². The Hall–Kier alpha value is -1.52. The van der Waals surface area contributed by atoms with Crippen LogP contribution in [0, 0.1) is 31.6 Å². The quantitative estimate of drug-likeness (QED) is 0.622. The molecule has 0 aliphatic heterocycles. The molecule has 5 heteroatoms. The zero-order chi connectivity index (χ0) is 17.1. The van der Waals surface area contributed by atoms with Gasteiger partial charge in [0.1, 0.15) is 0 Å². The van der Waals surface area contributed by atoms with Crippen LogP contribution in [0.2, 0.25) is 0 Å². The molecule has 3 atom stereocenters. The lowest BCUT2D eigenvalue weighted by molar-refractivity contribution is 0.315. The van der Waals surface area contributed by atoms with E-state index < -0.39 is 0 Å². The molecule has 2 bridgehead atoms. The van der Waals surface area contributed by atoms with Gasteiger partial charge in [-0.3, -0.25) is 4.68 Å². The summed E-state index contributed by atoms with van der Waals surface area (Å²) >= 11 is 0. The van der Waals surface area contributed by atoms with Crippen molar-refractivity contribution >= 4 is 5.96 Å². The van der Waals surface area contributed by atoms with Crippen LogP contribution >= 0.6 is 0 Å². The summed E-state index contributed by atoms with van der Waals surface area (Å²) in [4.78, 5) is 4.77. The number of aryl methyl sites for hydroxylation is 2. The van der Waals surface area contributed by atoms with E-state index >= 15 is 0 Å². The summed E-state index contributed by atoms with van der Waals surface area (Å²) in [5.41, 5.74) is 3.52. The third-order valence-corrected chi connectivity index (χ3v) is 6.09. The lowest BCUT2D eigenvalue weighted by Crippen LogP contribution is -2.38. The maximum Gasteiger partial charge on any atom is 0.191 e. The molecule has 2 N–H and O–H groups in total. The summed E-state index contributed by atoms with van der Waals surface area (Å²) in [6.45, 7) is 8.91. The molecule has 0 radical (unpaired) electrons. The molecule has 0 spiro atoms. The Bertz CT molecular complexity index is 589. The highest BCUT2D eigenvalue weighted by atomic mass is 15.3. The van der Waals surface area contributed by atoms with E-state index in [0.717, 1.165) is 42.5 Å². The minimum absolute atomic E-state index is 0.689. The average molecular weight is 332 g/mol. The van der Waals surface area contributed by atoms with Crippen molar-refractivity contribution in [3.63, 3.8) is 0 Å². The van der Waals surface area contributed by atoms with E-state index in [4.69, 9.17) is 4.99 Å². The van der Waals surface area contributed by atoms with Crippen LogP contribution in [-0.4, -0.2) is 28.8 Å². The van der Waals surface area contributed by atoms with Crippen molar-refractivity contribution in [3.05, 3.63) is 17.0 Å². The normalized spacial score (nSPS) is 26.2. The van der Waals surface area contributed by atoms with E-state index in [2.05, 4.69) is 36.5 Å². The first-order valence-electron chi connectivity index (χ1n) is 9.59. The van der Waals surface area contributed by atoms with Crippen molar-refractivity contribution in [2.45, 2.75) is 59.4 Å². The van der Waals surface area contributed by atoms with E-state index in [1.54, 1.807) is 0 Å². The predicted molar refractivity (Wildman–Crippen MR) is 99.1 cm³/mol. The Morgan fingerprint density at radius 1 is 1.25 bits per heavy atom. The lowest BCUT2D eigenvalue weighted by atomic mass is 9.86. The van der Waals surface area contributed by atoms with Gasteiger partial charge in [0.25, 0.3) is 0 Å². The monoisotopic (exact) mass is 331 g/mol. The van der Waals surface area contributed by atoms with Crippen LogP contribution < -0.4 is 10.6 Å². The molecule has 0 saturated heterocycles. The summed E-state index contributed by atoms with van der Waals surface area (Å²) in [7, 11) is 1.99. The number of hydrogen-bond donors (Lipinski definition) is 2. The molecule has 2 aliphatic rings. The fourth-order valence-corrected chi connectivity index (χ4v) is 4.65. The molecule has 1 aromatic heterocycles. The van der Waals surface area contributed by atoms with Crippen LogP contribution in [0.15, 0.2) is 4.99 Å². The minimum Gasteiger partial charge on any atom is -0.357 e. The number of nitrogens with zero attached hydrogens (tertiary/aromatic N) is 3. The highest BCUT2D eigenvalue weighted by molar-refractivity contribution is 5.79.